The van der Waals surface area contributed by atoms with Gasteiger partial charge in [-0.1, -0.05) is 20.8 Å². The minimum Gasteiger partial charge on any atom is -0.493 e. The quantitative estimate of drug-likeness (QED) is 0.850. The van der Waals surface area contributed by atoms with Gasteiger partial charge in [0.1, 0.15) is 0 Å². The lowest BCUT2D eigenvalue weighted by molar-refractivity contribution is -0.140. The Morgan fingerprint density at radius 3 is 2.13 bits per heavy atom. The van der Waals surface area contributed by atoms with Gasteiger partial charge in [-0.25, -0.2) is 0 Å². The van der Waals surface area contributed by atoms with Crippen molar-refractivity contribution in [3.8, 4) is 11.5 Å². The summed E-state index contributed by atoms with van der Waals surface area (Å²) in [7, 11) is 3.29. The van der Waals surface area contributed by atoms with E-state index in [1.54, 1.807) is 14.2 Å². The van der Waals surface area contributed by atoms with Gasteiger partial charge in [0.2, 0.25) is 5.91 Å². The van der Waals surface area contributed by atoms with Gasteiger partial charge in [0, 0.05) is 18.5 Å². The molecule has 1 amide bonds. The molecule has 0 aromatic heterocycles. The zero-order valence-electron chi connectivity index (χ0n) is 15.4. The molecule has 0 saturated heterocycles. The number of amides is 1. The van der Waals surface area contributed by atoms with E-state index in [9.17, 15) is 4.79 Å². The third-order valence-electron chi connectivity index (χ3n) is 4.37. The fraction of sp³-hybridized carbons (Fsp3) is 0.632. The summed E-state index contributed by atoms with van der Waals surface area (Å²) in [5, 5.41) is 0. The van der Waals surface area contributed by atoms with Crippen molar-refractivity contribution in [3.63, 3.8) is 0 Å². The number of fused-ring (bicyclic) bond motifs is 1. The van der Waals surface area contributed by atoms with Crippen LogP contribution in [0, 0.1) is 5.41 Å². The standard InChI is InChI=1S/C19H29NO3/c1-18(2,3)11-17(21)20-12-14-9-16(23-7)15(22-6)8-13(14)10-19(20,4)5/h8-9H,10-12H2,1-7H3. The first-order valence-corrected chi connectivity index (χ1v) is 8.11. The van der Waals surface area contributed by atoms with Crippen LogP contribution in [0.1, 0.15) is 52.2 Å². The number of rotatable bonds is 3. The maximum atomic E-state index is 12.8. The number of carbonyl (C=O) groups excluding carboxylic acids is 1. The van der Waals surface area contributed by atoms with Crippen LogP contribution in [0.4, 0.5) is 0 Å². The number of ether oxygens (including phenoxy) is 2. The van der Waals surface area contributed by atoms with E-state index in [0.717, 1.165) is 17.7 Å². The molecule has 1 aliphatic heterocycles. The Morgan fingerprint density at radius 2 is 1.65 bits per heavy atom. The largest absolute Gasteiger partial charge is 0.493 e. The molecule has 0 spiro atoms. The first-order valence-electron chi connectivity index (χ1n) is 8.11. The lowest BCUT2D eigenvalue weighted by atomic mass is 9.83. The molecule has 1 aliphatic rings. The molecule has 1 heterocycles. The summed E-state index contributed by atoms with van der Waals surface area (Å²) in [6.45, 7) is 11.2. The molecule has 0 saturated carbocycles. The Hall–Kier alpha value is -1.71. The van der Waals surface area contributed by atoms with Gasteiger partial charge in [0.15, 0.2) is 11.5 Å². The summed E-state index contributed by atoms with van der Waals surface area (Å²) >= 11 is 0. The van der Waals surface area contributed by atoms with Crippen LogP contribution in [-0.2, 0) is 17.8 Å². The van der Waals surface area contributed by atoms with Crippen LogP contribution < -0.4 is 9.47 Å². The number of hydrogen-bond acceptors (Lipinski definition) is 3. The topological polar surface area (TPSA) is 38.8 Å². The predicted octanol–water partition coefficient (Wildman–Crippen LogP) is 3.80. The number of benzene rings is 1. The van der Waals surface area contributed by atoms with Crippen LogP contribution in [0.15, 0.2) is 12.1 Å². The Bertz CT molecular complexity index is 599. The third-order valence-corrected chi connectivity index (χ3v) is 4.37. The second-order valence-electron chi connectivity index (χ2n) is 8.18. The fourth-order valence-corrected chi connectivity index (χ4v) is 3.20. The molecule has 0 unspecified atom stereocenters. The van der Waals surface area contributed by atoms with E-state index in [2.05, 4.69) is 34.6 Å². The molecule has 23 heavy (non-hydrogen) atoms. The maximum Gasteiger partial charge on any atom is 0.223 e. The summed E-state index contributed by atoms with van der Waals surface area (Å²) < 4.78 is 10.8. The van der Waals surface area contributed by atoms with Crippen LogP contribution in [0.2, 0.25) is 0 Å². The van der Waals surface area contributed by atoms with Crippen molar-refractivity contribution in [2.24, 2.45) is 5.41 Å². The molecule has 0 radical (unpaired) electrons. The second-order valence-corrected chi connectivity index (χ2v) is 8.18. The van der Waals surface area contributed by atoms with Gasteiger partial charge in [0.05, 0.1) is 14.2 Å². The van der Waals surface area contributed by atoms with Crippen LogP contribution in [0.25, 0.3) is 0 Å². The number of nitrogens with zero attached hydrogens (tertiary/aromatic N) is 1. The van der Waals surface area contributed by atoms with E-state index in [-0.39, 0.29) is 16.9 Å². The van der Waals surface area contributed by atoms with E-state index >= 15 is 0 Å². The average molecular weight is 319 g/mol. The highest BCUT2D eigenvalue weighted by atomic mass is 16.5. The molecule has 4 heteroatoms. The number of carbonyl (C=O) groups is 1. The summed E-state index contributed by atoms with van der Waals surface area (Å²) in [4.78, 5) is 14.8. The predicted molar refractivity (Wildman–Crippen MR) is 92.0 cm³/mol. The molecule has 0 atom stereocenters. The SMILES string of the molecule is COc1cc2c(cc1OC)CC(C)(C)N(C(=O)CC(C)(C)C)C2. The van der Waals surface area contributed by atoms with Crippen LogP contribution in [-0.4, -0.2) is 30.6 Å². The van der Waals surface area contributed by atoms with Gasteiger partial charge < -0.3 is 14.4 Å². The molecular weight excluding hydrogens is 290 g/mol. The highest BCUT2D eigenvalue weighted by molar-refractivity contribution is 5.78. The van der Waals surface area contributed by atoms with Crippen molar-refractivity contribution in [2.75, 3.05) is 14.2 Å². The zero-order chi connectivity index (χ0) is 17.4. The minimum atomic E-state index is -0.199. The molecule has 0 bridgehead atoms. The molecule has 2 rings (SSSR count). The Labute approximate surface area is 139 Å². The van der Waals surface area contributed by atoms with Gasteiger partial charge >= 0.3 is 0 Å². The van der Waals surface area contributed by atoms with Gasteiger partial charge in [-0.05, 0) is 48.9 Å². The highest BCUT2D eigenvalue weighted by Crippen LogP contribution is 2.38. The normalized spacial score (nSPS) is 16.7. The summed E-state index contributed by atoms with van der Waals surface area (Å²) in [6.07, 6.45) is 1.37. The second kappa shape index (κ2) is 6.06. The minimum absolute atomic E-state index is 0.00889. The van der Waals surface area contributed by atoms with E-state index in [1.807, 2.05) is 17.0 Å². The highest BCUT2D eigenvalue weighted by Gasteiger charge is 2.37. The van der Waals surface area contributed by atoms with Crippen molar-refractivity contribution >= 4 is 5.91 Å². The summed E-state index contributed by atoms with van der Waals surface area (Å²) in [6, 6.07) is 4.04. The van der Waals surface area contributed by atoms with E-state index in [4.69, 9.17) is 9.47 Å². The zero-order valence-corrected chi connectivity index (χ0v) is 15.4. The Balaban J connectivity index is 2.36. The third kappa shape index (κ3) is 3.80. The Kier molecular flexibility index (Phi) is 4.65. The van der Waals surface area contributed by atoms with Gasteiger partial charge in [0.25, 0.3) is 0 Å². The number of methoxy groups -OCH3 is 2. The van der Waals surface area contributed by atoms with Gasteiger partial charge in [-0.15, -0.1) is 0 Å². The van der Waals surface area contributed by atoms with Crippen molar-refractivity contribution in [3.05, 3.63) is 23.3 Å². The van der Waals surface area contributed by atoms with Crippen LogP contribution in [0.3, 0.4) is 0 Å². The van der Waals surface area contributed by atoms with Crippen molar-refractivity contribution in [2.45, 2.75) is 59.5 Å². The molecule has 0 aliphatic carbocycles. The van der Waals surface area contributed by atoms with Gasteiger partial charge in [-0.3, -0.25) is 4.79 Å². The molecule has 0 N–H and O–H groups in total. The molecule has 4 nitrogen and oxygen atoms in total. The summed E-state index contributed by atoms with van der Waals surface area (Å²) in [5.41, 5.74) is 2.16. The Morgan fingerprint density at radius 1 is 1.13 bits per heavy atom. The van der Waals surface area contributed by atoms with Gasteiger partial charge in [-0.2, -0.15) is 0 Å². The molecule has 0 fully saturated rings. The van der Waals surface area contributed by atoms with E-state index in [1.165, 1.54) is 5.56 Å². The first kappa shape index (κ1) is 17.6. The lowest BCUT2D eigenvalue weighted by Gasteiger charge is -2.44. The lowest BCUT2D eigenvalue weighted by Crippen LogP contribution is -2.52. The molecular formula is C19H29NO3. The smallest absolute Gasteiger partial charge is 0.223 e. The van der Waals surface area contributed by atoms with Crippen molar-refractivity contribution in [1.29, 1.82) is 0 Å². The monoisotopic (exact) mass is 319 g/mol. The maximum absolute atomic E-state index is 12.8. The van der Waals surface area contributed by atoms with Crippen molar-refractivity contribution in [1.82, 2.24) is 4.90 Å². The van der Waals surface area contributed by atoms with Crippen LogP contribution >= 0.6 is 0 Å². The van der Waals surface area contributed by atoms with Crippen molar-refractivity contribution < 1.29 is 14.3 Å². The number of hydrogen-bond donors (Lipinski definition) is 0. The van der Waals surface area contributed by atoms with E-state index < -0.39 is 0 Å². The molecule has 1 aromatic rings. The fourth-order valence-electron chi connectivity index (χ4n) is 3.20. The molecule has 1 aromatic carbocycles. The first-order chi connectivity index (χ1) is 10.6. The average Bonchev–Trinajstić information content (AvgIpc) is 2.42. The van der Waals surface area contributed by atoms with Crippen LogP contribution in [0.5, 0.6) is 11.5 Å². The van der Waals surface area contributed by atoms with E-state index in [0.29, 0.717) is 18.7 Å². The summed E-state index contributed by atoms with van der Waals surface area (Å²) in [5.74, 6) is 1.67. The molecule has 128 valence electrons.